The number of rotatable bonds is 12. The van der Waals surface area contributed by atoms with E-state index in [0.29, 0.717) is 12.8 Å². The molecule has 47 heavy (non-hydrogen) atoms. The SMILES string of the molecule is O=C(CC(c1ccccc1)c1ccccc1)NC1CCC(CC2CCC(NC(=O)CC(c3ccccc3)c3ccccc3)CC2)CC1. The van der Waals surface area contributed by atoms with Crippen molar-refractivity contribution in [2.75, 3.05) is 0 Å². The topological polar surface area (TPSA) is 58.2 Å². The molecule has 0 atom stereocenters. The Morgan fingerprint density at radius 2 is 0.723 bits per heavy atom. The third-order valence-corrected chi connectivity index (χ3v) is 10.7. The number of hydrogen-bond donors (Lipinski definition) is 2. The Kier molecular flexibility index (Phi) is 11.6. The predicted octanol–water partition coefficient (Wildman–Crippen LogP) is 9.17. The molecule has 244 valence electrons. The van der Waals surface area contributed by atoms with Crippen molar-refractivity contribution >= 4 is 11.8 Å². The summed E-state index contributed by atoms with van der Waals surface area (Å²) in [7, 11) is 0. The van der Waals surface area contributed by atoms with Crippen molar-refractivity contribution in [2.45, 2.75) is 94.5 Å². The quantitative estimate of drug-likeness (QED) is 0.165. The number of nitrogens with one attached hydrogen (secondary N) is 2. The fraction of sp³-hybridized carbons (Fsp3) is 0.395. The highest BCUT2D eigenvalue weighted by Crippen LogP contribution is 2.36. The van der Waals surface area contributed by atoms with E-state index < -0.39 is 0 Å². The summed E-state index contributed by atoms with van der Waals surface area (Å²) in [5, 5.41) is 6.78. The van der Waals surface area contributed by atoms with Crippen molar-refractivity contribution in [1.82, 2.24) is 10.6 Å². The highest BCUT2D eigenvalue weighted by molar-refractivity contribution is 5.78. The van der Waals surface area contributed by atoms with Gasteiger partial charge in [0.2, 0.25) is 11.8 Å². The Balaban J connectivity index is 0.917. The Labute approximate surface area is 281 Å². The number of amides is 2. The van der Waals surface area contributed by atoms with Gasteiger partial charge in [0.05, 0.1) is 0 Å². The molecule has 2 amide bonds. The van der Waals surface area contributed by atoms with Gasteiger partial charge in [-0.1, -0.05) is 121 Å². The predicted molar refractivity (Wildman–Crippen MR) is 191 cm³/mol. The number of carbonyl (C=O) groups excluding carboxylic acids is 2. The minimum atomic E-state index is 0.0720. The van der Waals surface area contributed by atoms with Gasteiger partial charge in [-0.15, -0.1) is 0 Å². The van der Waals surface area contributed by atoms with Crippen molar-refractivity contribution in [3.05, 3.63) is 144 Å². The number of benzene rings is 4. The van der Waals surface area contributed by atoms with Gasteiger partial charge in [0.1, 0.15) is 0 Å². The molecule has 0 bridgehead atoms. The second-order valence-corrected chi connectivity index (χ2v) is 14.0. The van der Waals surface area contributed by atoms with Gasteiger partial charge in [0, 0.05) is 36.8 Å². The lowest BCUT2D eigenvalue weighted by Gasteiger charge is -2.35. The summed E-state index contributed by atoms with van der Waals surface area (Å²) in [5.74, 6) is 1.96. The maximum Gasteiger partial charge on any atom is 0.221 e. The first-order valence-corrected chi connectivity index (χ1v) is 17.9. The van der Waals surface area contributed by atoms with E-state index in [1.54, 1.807) is 0 Å². The standard InChI is InChI=1S/C43H50N2O2/c46-42(30-40(34-13-5-1-6-14-34)35-15-7-2-8-16-35)44-38-25-21-32(22-26-38)29-33-23-27-39(28-24-33)45-43(47)31-41(36-17-9-3-10-18-36)37-19-11-4-12-20-37/h1-20,32-33,38-41H,21-31H2,(H,44,46)(H,45,47). The molecule has 0 unspecified atom stereocenters. The van der Waals surface area contributed by atoms with Gasteiger partial charge in [-0.25, -0.2) is 0 Å². The number of hydrogen-bond acceptors (Lipinski definition) is 2. The lowest BCUT2D eigenvalue weighted by atomic mass is 9.75. The van der Waals surface area contributed by atoms with Crippen LogP contribution >= 0.6 is 0 Å². The summed E-state index contributed by atoms with van der Waals surface area (Å²) in [6, 6.07) is 42.2. The monoisotopic (exact) mass is 626 g/mol. The zero-order valence-electron chi connectivity index (χ0n) is 27.6. The van der Waals surface area contributed by atoms with Gasteiger partial charge in [0.15, 0.2) is 0 Å². The molecular weight excluding hydrogens is 576 g/mol. The van der Waals surface area contributed by atoms with Gasteiger partial charge in [0.25, 0.3) is 0 Å². The van der Waals surface area contributed by atoms with Crippen LogP contribution in [-0.2, 0) is 9.59 Å². The maximum atomic E-state index is 13.2. The van der Waals surface area contributed by atoms with Crippen molar-refractivity contribution in [2.24, 2.45) is 11.8 Å². The third kappa shape index (κ3) is 9.44. The molecule has 2 N–H and O–H groups in total. The maximum absolute atomic E-state index is 13.2. The Morgan fingerprint density at radius 3 is 1.00 bits per heavy atom. The van der Waals surface area contributed by atoms with Crippen LogP contribution in [0.5, 0.6) is 0 Å². The fourth-order valence-corrected chi connectivity index (χ4v) is 8.10. The summed E-state index contributed by atoms with van der Waals surface area (Å²) in [6.45, 7) is 0. The Hall–Kier alpha value is -4.18. The van der Waals surface area contributed by atoms with Crippen LogP contribution in [0, 0.1) is 11.8 Å². The van der Waals surface area contributed by atoms with Crippen LogP contribution in [0.1, 0.15) is 105 Å². The van der Waals surface area contributed by atoms with Crippen LogP contribution in [0.3, 0.4) is 0 Å². The van der Waals surface area contributed by atoms with Crippen molar-refractivity contribution < 1.29 is 9.59 Å². The van der Waals surface area contributed by atoms with Crippen LogP contribution in [0.4, 0.5) is 0 Å². The molecule has 4 nitrogen and oxygen atoms in total. The van der Waals surface area contributed by atoms with Crippen LogP contribution in [0.2, 0.25) is 0 Å². The molecule has 6 rings (SSSR count). The molecular formula is C43H50N2O2. The first-order chi connectivity index (χ1) is 23.1. The van der Waals surface area contributed by atoms with Gasteiger partial charge in [-0.05, 0) is 91.9 Å². The molecule has 0 aromatic heterocycles. The van der Waals surface area contributed by atoms with Crippen molar-refractivity contribution in [1.29, 1.82) is 0 Å². The van der Waals surface area contributed by atoms with Crippen LogP contribution in [0.25, 0.3) is 0 Å². The van der Waals surface area contributed by atoms with E-state index in [9.17, 15) is 9.59 Å². The van der Waals surface area contributed by atoms with Gasteiger partial charge in [-0.3, -0.25) is 9.59 Å². The smallest absolute Gasteiger partial charge is 0.221 e. The van der Waals surface area contributed by atoms with E-state index in [4.69, 9.17) is 0 Å². The third-order valence-electron chi connectivity index (χ3n) is 10.7. The molecule has 2 saturated carbocycles. The van der Waals surface area contributed by atoms with E-state index in [1.807, 2.05) is 24.3 Å². The zero-order chi connectivity index (χ0) is 32.3. The lowest BCUT2D eigenvalue weighted by molar-refractivity contribution is -0.123. The van der Waals surface area contributed by atoms with Crippen molar-refractivity contribution in [3.63, 3.8) is 0 Å². The fourth-order valence-electron chi connectivity index (χ4n) is 8.10. The van der Waals surface area contributed by atoms with Gasteiger partial charge in [-0.2, -0.15) is 0 Å². The molecule has 4 aromatic carbocycles. The summed E-state index contributed by atoms with van der Waals surface area (Å²) in [5.41, 5.74) is 4.76. The second kappa shape index (κ2) is 16.6. The van der Waals surface area contributed by atoms with Crippen LogP contribution < -0.4 is 10.6 Å². The average molecular weight is 627 g/mol. The van der Waals surface area contributed by atoms with Crippen LogP contribution in [0.15, 0.2) is 121 Å². The molecule has 2 fully saturated rings. The molecule has 0 heterocycles. The molecule has 0 aliphatic heterocycles. The average Bonchev–Trinajstić information content (AvgIpc) is 3.13. The first-order valence-electron chi connectivity index (χ1n) is 17.9. The van der Waals surface area contributed by atoms with Gasteiger partial charge >= 0.3 is 0 Å². The lowest BCUT2D eigenvalue weighted by Crippen LogP contribution is -2.39. The minimum absolute atomic E-state index is 0.0720. The molecule has 2 aliphatic carbocycles. The van der Waals surface area contributed by atoms with E-state index in [1.165, 1.54) is 54.4 Å². The highest BCUT2D eigenvalue weighted by Gasteiger charge is 2.29. The van der Waals surface area contributed by atoms with Crippen molar-refractivity contribution in [3.8, 4) is 0 Å². The second-order valence-electron chi connectivity index (χ2n) is 14.0. The number of carbonyl (C=O) groups is 2. The van der Waals surface area contributed by atoms with Crippen LogP contribution in [-0.4, -0.2) is 23.9 Å². The summed E-state index contributed by atoms with van der Waals surface area (Å²) < 4.78 is 0. The van der Waals surface area contributed by atoms with E-state index in [-0.39, 0.29) is 35.7 Å². The normalized spacial score (nSPS) is 21.3. The highest BCUT2D eigenvalue weighted by atomic mass is 16.2. The van der Waals surface area contributed by atoms with Gasteiger partial charge < -0.3 is 10.6 Å². The molecule has 4 heteroatoms. The Bertz CT molecular complexity index is 1310. The summed E-state index contributed by atoms with van der Waals surface area (Å²) in [6.07, 6.45) is 11.3. The summed E-state index contributed by atoms with van der Waals surface area (Å²) in [4.78, 5) is 26.5. The molecule has 2 aliphatic rings. The largest absolute Gasteiger partial charge is 0.353 e. The van der Waals surface area contributed by atoms with E-state index in [0.717, 1.165) is 37.5 Å². The summed E-state index contributed by atoms with van der Waals surface area (Å²) >= 11 is 0. The molecule has 0 spiro atoms. The van der Waals surface area contributed by atoms with E-state index in [2.05, 4.69) is 108 Å². The minimum Gasteiger partial charge on any atom is -0.353 e. The first kappa shape index (κ1) is 32.7. The zero-order valence-corrected chi connectivity index (χ0v) is 27.6. The molecule has 0 saturated heterocycles. The van der Waals surface area contributed by atoms with E-state index >= 15 is 0 Å². The Morgan fingerprint density at radius 1 is 0.447 bits per heavy atom. The molecule has 4 aromatic rings. The molecule has 0 radical (unpaired) electrons.